The molecule has 0 spiro atoms. The zero-order valence-corrected chi connectivity index (χ0v) is 10.1. The maximum atomic E-state index is 12.1. The van der Waals surface area contributed by atoms with Crippen molar-refractivity contribution in [2.75, 3.05) is 6.54 Å². The molecular weight excluding hydrogens is 228 g/mol. The Bertz CT molecular complexity index is 472. The highest BCUT2D eigenvalue weighted by molar-refractivity contribution is 6.01. The molecule has 2 aliphatic heterocycles. The van der Waals surface area contributed by atoms with Gasteiger partial charge < -0.3 is 4.90 Å². The van der Waals surface area contributed by atoms with Crippen molar-refractivity contribution in [2.45, 2.75) is 31.2 Å². The number of carbonyl (C=O) groups is 2. The van der Waals surface area contributed by atoms with Gasteiger partial charge in [0.2, 0.25) is 5.91 Å². The highest BCUT2D eigenvalue weighted by atomic mass is 16.2. The van der Waals surface area contributed by atoms with E-state index in [1.807, 2.05) is 35.2 Å². The minimum Gasteiger partial charge on any atom is -0.320 e. The van der Waals surface area contributed by atoms with Crippen LogP contribution in [0.15, 0.2) is 30.3 Å². The van der Waals surface area contributed by atoms with Gasteiger partial charge in [0.25, 0.3) is 0 Å². The predicted molar refractivity (Wildman–Crippen MR) is 67.1 cm³/mol. The molecule has 3 rings (SSSR count). The molecule has 4 heteroatoms. The number of piperidine rings is 1. The van der Waals surface area contributed by atoms with Gasteiger partial charge in [0, 0.05) is 12.6 Å². The highest BCUT2D eigenvalue weighted by Gasteiger charge is 2.42. The predicted octanol–water partition coefficient (Wildman–Crippen LogP) is 1.87. The molecule has 2 atom stereocenters. The fraction of sp³-hybridized carbons (Fsp3) is 0.429. The molecule has 2 heterocycles. The first-order valence-corrected chi connectivity index (χ1v) is 6.44. The van der Waals surface area contributed by atoms with Crippen LogP contribution in [-0.4, -0.2) is 29.4 Å². The number of rotatable bonds is 1. The third-order valence-corrected chi connectivity index (χ3v) is 3.87. The number of hydrogen-bond donors (Lipinski definition) is 1. The third-order valence-electron chi connectivity index (χ3n) is 3.87. The van der Waals surface area contributed by atoms with Crippen LogP contribution in [0.1, 0.15) is 30.7 Å². The van der Waals surface area contributed by atoms with Crippen molar-refractivity contribution in [3.8, 4) is 0 Å². The number of carbonyl (C=O) groups excluding carboxylic acids is 2. The molecular formula is C14H16N2O2. The lowest BCUT2D eigenvalue weighted by Gasteiger charge is -2.43. The van der Waals surface area contributed by atoms with E-state index in [9.17, 15) is 9.59 Å². The number of hydrogen-bond acceptors (Lipinski definition) is 2. The van der Waals surface area contributed by atoms with Crippen molar-refractivity contribution in [3.05, 3.63) is 35.9 Å². The van der Waals surface area contributed by atoms with Crippen LogP contribution in [0, 0.1) is 0 Å². The molecule has 0 aliphatic carbocycles. The van der Waals surface area contributed by atoms with E-state index >= 15 is 0 Å². The Balaban J connectivity index is 1.96. The van der Waals surface area contributed by atoms with Gasteiger partial charge in [-0.3, -0.25) is 10.1 Å². The van der Waals surface area contributed by atoms with Crippen molar-refractivity contribution in [2.24, 2.45) is 0 Å². The first-order chi connectivity index (χ1) is 8.77. The maximum absolute atomic E-state index is 12.1. The Morgan fingerprint density at radius 3 is 2.67 bits per heavy atom. The van der Waals surface area contributed by atoms with Gasteiger partial charge in [0.15, 0.2) is 0 Å². The van der Waals surface area contributed by atoms with Gasteiger partial charge in [-0.15, -0.1) is 0 Å². The normalized spacial score (nSPS) is 27.7. The molecule has 2 aliphatic rings. The van der Waals surface area contributed by atoms with Crippen LogP contribution in [-0.2, 0) is 4.79 Å². The number of nitrogens with one attached hydrogen (secondary N) is 1. The second-order valence-corrected chi connectivity index (χ2v) is 4.94. The van der Waals surface area contributed by atoms with Crippen LogP contribution in [0.5, 0.6) is 0 Å². The minimum absolute atomic E-state index is 0.0300. The monoisotopic (exact) mass is 244 g/mol. The van der Waals surface area contributed by atoms with E-state index in [0.29, 0.717) is 0 Å². The molecule has 0 unspecified atom stereocenters. The minimum atomic E-state index is -0.225. The van der Waals surface area contributed by atoms with Gasteiger partial charge in [-0.1, -0.05) is 30.3 Å². The van der Waals surface area contributed by atoms with Gasteiger partial charge in [-0.05, 0) is 24.8 Å². The van der Waals surface area contributed by atoms with Crippen molar-refractivity contribution in [1.82, 2.24) is 10.2 Å². The molecule has 18 heavy (non-hydrogen) atoms. The standard InChI is InChI=1S/C14H16N2O2/c17-13-12(10-6-2-1-3-7-10)11-8-4-5-9-16(11)14(18)15-13/h1-3,6-7,11-12H,4-5,8-9H2,(H,15,17,18)/t11-,12-/m1/s1. The lowest BCUT2D eigenvalue weighted by Crippen LogP contribution is -2.60. The fourth-order valence-corrected chi connectivity index (χ4v) is 3.02. The van der Waals surface area contributed by atoms with Gasteiger partial charge in [-0.2, -0.15) is 0 Å². The number of nitrogens with zero attached hydrogens (tertiary/aromatic N) is 1. The van der Waals surface area contributed by atoms with Crippen LogP contribution in [0.3, 0.4) is 0 Å². The molecule has 4 nitrogen and oxygen atoms in total. The molecule has 0 radical (unpaired) electrons. The van der Waals surface area contributed by atoms with Crippen molar-refractivity contribution < 1.29 is 9.59 Å². The van der Waals surface area contributed by atoms with Crippen LogP contribution >= 0.6 is 0 Å². The fourth-order valence-electron chi connectivity index (χ4n) is 3.02. The van der Waals surface area contributed by atoms with E-state index in [4.69, 9.17) is 0 Å². The smallest absolute Gasteiger partial charge is 0.320 e. The molecule has 1 aromatic rings. The molecule has 2 saturated heterocycles. The third kappa shape index (κ3) is 1.78. The maximum Gasteiger partial charge on any atom is 0.324 e. The summed E-state index contributed by atoms with van der Waals surface area (Å²) in [5.74, 6) is -0.376. The van der Waals surface area contributed by atoms with Crippen LogP contribution in [0.4, 0.5) is 4.79 Å². The van der Waals surface area contributed by atoms with Crippen LogP contribution < -0.4 is 5.32 Å². The summed E-state index contributed by atoms with van der Waals surface area (Å²) in [7, 11) is 0. The average molecular weight is 244 g/mol. The summed E-state index contributed by atoms with van der Waals surface area (Å²) in [6.07, 6.45) is 3.03. The molecule has 0 saturated carbocycles. The summed E-state index contributed by atoms with van der Waals surface area (Å²) in [5, 5.41) is 2.48. The average Bonchev–Trinajstić information content (AvgIpc) is 2.40. The zero-order chi connectivity index (χ0) is 12.5. The summed E-state index contributed by atoms with van der Waals surface area (Å²) in [6.45, 7) is 0.757. The van der Waals surface area contributed by atoms with Crippen molar-refractivity contribution >= 4 is 11.9 Å². The Hall–Kier alpha value is -1.84. The molecule has 1 aromatic carbocycles. The van der Waals surface area contributed by atoms with E-state index in [0.717, 1.165) is 31.4 Å². The van der Waals surface area contributed by atoms with Crippen molar-refractivity contribution in [1.29, 1.82) is 0 Å². The Morgan fingerprint density at radius 2 is 1.89 bits per heavy atom. The van der Waals surface area contributed by atoms with Gasteiger partial charge in [0.1, 0.15) is 0 Å². The molecule has 3 amide bonds. The SMILES string of the molecule is O=C1NC(=O)N2CCCC[C@@H]2[C@H]1c1ccccc1. The zero-order valence-electron chi connectivity index (χ0n) is 10.1. The summed E-state index contributed by atoms with van der Waals surface area (Å²) >= 11 is 0. The summed E-state index contributed by atoms with van der Waals surface area (Å²) in [4.78, 5) is 25.7. The summed E-state index contributed by atoms with van der Waals surface area (Å²) in [6, 6.07) is 9.55. The lowest BCUT2D eigenvalue weighted by atomic mass is 9.83. The van der Waals surface area contributed by atoms with Crippen LogP contribution in [0.2, 0.25) is 0 Å². The van der Waals surface area contributed by atoms with Gasteiger partial charge >= 0.3 is 6.03 Å². The number of amides is 3. The van der Waals surface area contributed by atoms with E-state index in [1.165, 1.54) is 0 Å². The van der Waals surface area contributed by atoms with E-state index in [-0.39, 0.29) is 23.9 Å². The Labute approximate surface area is 106 Å². The van der Waals surface area contributed by atoms with Crippen LogP contribution in [0.25, 0.3) is 0 Å². The topological polar surface area (TPSA) is 49.4 Å². The first kappa shape index (κ1) is 11.3. The largest absolute Gasteiger partial charge is 0.324 e. The van der Waals surface area contributed by atoms with E-state index in [1.54, 1.807) is 0 Å². The quantitative estimate of drug-likeness (QED) is 0.820. The number of urea groups is 1. The van der Waals surface area contributed by atoms with E-state index in [2.05, 4.69) is 5.32 Å². The molecule has 0 bridgehead atoms. The van der Waals surface area contributed by atoms with Crippen molar-refractivity contribution in [3.63, 3.8) is 0 Å². The molecule has 2 fully saturated rings. The first-order valence-electron chi connectivity index (χ1n) is 6.44. The lowest BCUT2D eigenvalue weighted by molar-refractivity contribution is -0.125. The molecule has 94 valence electrons. The van der Waals surface area contributed by atoms with Gasteiger partial charge in [0.05, 0.1) is 5.92 Å². The Kier molecular flexibility index (Phi) is 2.78. The second-order valence-electron chi connectivity index (χ2n) is 4.94. The summed E-state index contributed by atoms with van der Waals surface area (Å²) in [5.41, 5.74) is 0.999. The number of imide groups is 1. The highest BCUT2D eigenvalue weighted by Crippen LogP contribution is 2.33. The molecule has 0 aromatic heterocycles. The van der Waals surface area contributed by atoms with Gasteiger partial charge in [-0.25, -0.2) is 4.79 Å². The second kappa shape index (κ2) is 4.44. The Morgan fingerprint density at radius 1 is 1.11 bits per heavy atom. The number of benzene rings is 1. The summed E-state index contributed by atoms with van der Waals surface area (Å²) < 4.78 is 0. The van der Waals surface area contributed by atoms with E-state index < -0.39 is 0 Å². The molecule has 1 N–H and O–H groups in total. The number of fused-ring (bicyclic) bond motifs is 1.